The lowest BCUT2D eigenvalue weighted by atomic mass is 10.1. The van der Waals surface area contributed by atoms with Crippen LogP contribution in [0.2, 0.25) is 0 Å². The number of methoxy groups -OCH3 is 1. The van der Waals surface area contributed by atoms with Crippen molar-refractivity contribution in [3.8, 4) is 11.4 Å². The Morgan fingerprint density at radius 3 is 2.44 bits per heavy atom. The third-order valence-electron chi connectivity index (χ3n) is 5.93. The Balaban J connectivity index is 1.22. The standard InChI is InChI=1S/C26H28N4O2/c1-31-24-9-7-23(8-10-24)30-19-28-25-16-22(6-11-26(25)30)27-17-20-2-4-21(5-3-20)18-29-12-14-32-15-13-29/h2-11,16,19,27H,12-15,17-18H2,1H3. The molecule has 6 heteroatoms. The van der Waals surface area contributed by atoms with Crippen LogP contribution in [0.15, 0.2) is 73.1 Å². The van der Waals surface area contributed by atoms with Gasteiger partial charge in [0.05, 0.1) is 31.4 Å². The number of hydrogen-bond acceptors (Lipinski definition) is 5. The van der Waals surface area contributed by atoms with E-state index in [9.17, 15) is 0 Å². The molecule has 5 rings (SSSR count). The van der Waals surface area contributed by atoms with E-state index in [1.54, 1.807) is 7.11 Å². The number of rotatable bonds is 7. The molecule has 3 aromatic carbocycles. The fourth-order valence-corrected chi connectivity index (χ4v) is 4.06. The summed E-state index contributed by atoms with van der Waals surface area (Å²) in [7, 11) is 1.68. The summed E-state index contributed by atoms with van der Waals surface area (Å²) < 4.78 is 12.8. The lowest BCUT2D eigenvalue weighted by Gasteiger charge is -2.26. The number of anilines is 1. The van der Waals surface area contributed by atoms with Crippen molar-refractivity contribution >= 4 is 16.7 Å². The van der Waals surface area contributed by atoms with Gasteiger partial charge in [0.25, 0.3) is 0 Å². The van der Waals surface area contributed by atoms with Crippen LogP contribution in [0.4, 0.5) is 5.69 Å². The Morgan fingerprint density at radius 2 is 1.69 bits per heavy atom. The van der Waals surface area contributed by atoms with E-state index in [1.165, 1.54) is 11.1 Å². The Labute approximate surface area is 188 Å². The molecule has 6 nitrogen and oxygen atoms in total. The fraction of sp³-hybridized carbons (Fsp3) is 0.269. The number of nitrogens with zero attached hydrogens (tertiary/aromatic N) is 3. The van der Waals surface area contributed by atoms with Gasteiger partial charge in [0.2, 0.25) is 0 Å². The topological polar surface area (TPSA) is 51.5 Å². The summed E-state index contributed by atoms with van der Waals surface area (Å²) in [6.07, 6.45) is 1.86. The highest BCUT2D eigenvalue weighted by molar-refractivity contribution is 5.81. The quantitative estimate of drug-likeness (QED) is 0.470. The third kappa shape index (κ3) is 4.61. The first kappa shape index (κ1) is 20.5. The lowest BCUT2D eigenvalue weighted by Crippen LogP contribution is -2.35. The number of imidazole rings is 1. The Hall–Kier alpha value is -3.35. The number of fused-ring (bicyclic) bond motifs is 1. The summed E-state index contributed by atoms with van der Waals surface area (Å²) in [5.41, 5.74) is 6.78. The van der Waals surface area contributed by atoms with E-state index < -0.39 is 0 Å². The first-order valence-corrected chi connectivity index (χ1v) is 11.0. The van der Waals surface area contributed by atoms with E-state index in [2.05, 4.69) is 62.2 Å². The highest BCUT2D eigenvalue weighted by Gasteiger charge is 2.10. The molecular formula is C26H28N4O2. The van der Waals surface area contributed by atoms with Crippen molar-refractivity contribution in [2.24, 2.45) is 0 Å². The van der Waals surface area contributed by atoms with Crippen LogP contribution in [0.5, 0.6) is 5.75 Å². The highest BCUT2D eigenvalue weighted by Crippen LogP contribution is 2.23. The monoisotopic (exact) mass is 428 g/mol. The van der Waals surface area contributed by atoms with Crippen LogP contribution in [0, 0.1) is 0 Å². The summed E-state index contributed by atoms with van der Waals surface area (Å²) in [5.74, 6) is 0.846. The van der Waals surface area contributed by atoms with Crippen LogP contribution < -0.4 is 10.1 Å². The zero-order chi connectivity index (χ0) is 21.8. The summed E-state index contributed by atoms with van der Waals surface area (Å²) in [6.45, 7) is 5.47. The van der Waals surface area contributed by atoms with Crippen molar-refractivity contribution in [2.45, 2.75) is 13.1 Å². The summed E-state index contributed by atoms with van der Waals surface area (Å²) in [4.78, 5) is 7.04. The van der Waals surface area contributed by atoms with E-state index in [-0.39, 0.29) is 0 Å². The van der Waals surface area contributed by atoms with Gasteiger partial charge in [-0.1, -0.05) is 24.3 Å². The highest BCUT2D eigenvalue weighted by atomic mass is 16.5. The predicted molar refractivity (Wildman–Crippen MR) is 127 cm³/mol. The first-order chi connectivity index (χ1) is 15.8. The maximum Gasteiger partial charge on any atom is 0.119 e. The van der Waals surface area contributed by atoms with Gasteiger partial charge >= 0.3 is 0 Å². The number of ether oxygens (including phenoxy) is 2. The van der Waals surface area contributed by atoms with Crippen molar-refractivity contribution < 1.29 is 9.47 Å². The summed E-state index contributed by atoms with van der Waals surface area (Å²) in [5, 5.41) is 3.53. The largest absolute Gasteiger partial charge is 0.497 e. The molecule has 32 heavy (non-hydrogen) atoms. The molecule has 0 saturated carbocycles. The molecule has 1 aromatic heterocycles. The molecule has 1 fully saturated rings. The minimum atomic E-state index is 0.780. The average molecular weight is 429 g/mol. The number of nitrogens with one attached hydrogen (secondary N) is 1. The average Bonchev–Trinajstić information content (AvgIpc) is 3.28. The van der Waals surface area contributed by atoms with Gasteiger partial charge in [-0.25, -0.2) is 4.98 Å². The predicted octanol–water partition coefficient (Wildman–Crippen LogP) is 4.48. The number of morpholine rings is 1. The van der Waals surface area contributed by atoms with Crippen LogP contribution in [-0.4, -0.2) is 47.9 Å². The van der Waals surface area contributed by atoms with Gasteiger partial charge in [-0.3, -0.25) is 9.47 Å². The van der Waals surface area contributed by atoms with E-state index >= 15 is 0 Å². The number of aromatic nitrogens is 2. The molecular weight excluding hydrogens is 400 g/mol. The Bertz CT molecular complexity index is 1160. The first-order valence-electron chi connectivity index (χ1n) is 11.0. The molecule has 0 amide bonds. The minimum absolute atomic E-state index is 0.780. The molecule has 164 valence electrons. The van der Waals surface area contributed by atoms with E-state index in [4.69, 9.17) is 9.47 Å². The van der Waals surface area contributed by atoms with Gasteiger partial charge in [0, 0.05) is 37.6 Å². The molecule has 1 saturated heterocycles. The smallest absolute Gasteiger partial charge is 0.119 e. The van der Waals surface area contributed by atoms with Gasteiger partial charge in [0.1, 0.15) is 12.1 Å². The molecule has 0 unspecified atom stereocenters. The molecule has 2 heterocycles. The lowest BCUT2D eigenvalue weighted by molar-refractivity contribution is 0.0342. The Morgan fingerprint density at radius 1 is 0.938 bits per heavy atom. The van der Waals surface area contributed by atoms with Gasteiger partial charge in [-0.2, -0.15) is 0 Å². The van der Waals surface area contributed by atoms with Gasteiger partial charge in [0.15, 0.2) is 0 Å². The van der Waals surface area contributed by atoms with Crippen molar-refractivity contribution in [1.82, 2.24) is 14.5 Å². The van der Waals surface area contributed by atoms with Crippen LogP contribution in [-0.2, 0) is 17.8 Å². The van der Waals surface area contributed by atoms with Gasteiger partial charge in [-0.15, -0.1) is 0 Å². The van der Waals surface area contributed by atoms with Crippen molar-refractivity contribution in [2.75, 3.05) is 38.7 Å². The van der Waals surface area contributed by atoms with Crippen LogP contribution >= 0.6 is 0 Å². The molecule has 1 aliphatic rings. The zero-order valence-electron chi connectivity index (χ0n) is 18.3. The second-order valence-electron chi connectivity index (χ2n) is 8.07. The van der Waals surface area contributed by atoms with E-state index in [1.807, 2.05) is 30.6 Å². The third-order valence-corrected chi connectivity index (χ3v) is 5.93. The minimum Gasteiger partial charge on any atom is -0.497 e. The van der Waals surface area contributed by atoms with Gasteiger partial charge in [-0.05, 0) is 53.6 Å². The van der Waals surface area contributed by atoms with Crippen molar-refractivity contribution in [3.63, 3.8) is 0 Å². The van der Waals surface area contributed by atoms with Crippen molar-refractivity contribution in [1.29, 1.82) is 0 Å². The molecule has 1 N–H and O–H groups in total. The fourth-order valence-electron chi connectivity index (χ4n) is 4.06. The van der Waals surface area contributed by atoms with Gasteiger partial charge < -0.3 is 14.8 Å². The number of hydrogen-bond donors (Lipinski definition) is 1. The summed E-state index contributed by atoms with van der Waals surface area (Å²) in [6, 6.07) is 23.2. The molecule has 0 aliphatic carbocycles. The van der Waals surface area contributed by atoms with E-state index in [0.717, 1.165) is 67.6 Å². The molecule has 1 aliphatic heterocycles. The molecule has 4 aromatic rings. The second kappa shape index (κ2) is 9.42. The SMILES string of the molecule is COc1ccc(-n2cnc3cc(NCc4ccc(CN5CCOCC5)cc4)ccc32)cc1. The summed E-state index contributed by atoms with van der Waals surface area (Å²) >= 11 is 0. The van der Waals surface area contributed by atoms with Crippen LogP contribution in [0.3, 0.4) is 0 Å². The van der Waals surface area contributed by atoms with Crippen LogP contribution in [0.1, 0.15) is 11.1 Å². The zero-order valence-corrected chi connectivity index (χ0v) is 18.3. The molecule has 0 bridgehead atoms. The molecule has 0 atom stereocenters. The van der Waals surface area contributed by atoms with E-state index in [0.29, 0.717) is 0 Å². The maximum atomic E-state index is 5.43. The maximum absolute atomic E-state index is 5.43. The Kier molecular flexibility index (Phi) is 6.05. The second-order valence-corrected chi connectivity index (χ2v) is 8.07. The van der Waals surface area contributed by atoms with Crippen LogP contribution in [0.25, 0.3) is 16.7 Å². The number of benzene rings is 3. The molecule has 0 radical (unpaired) electrons. The van der Waals surface area contributed by atoms with Crippen molar-refractivity contribution in [3.05, 3.63) is 84.2 Å². The normalized spacial score (nSPS) is 14.5. The molecule has 0 spiro atoms.